The minimum atomic E-state index is -0.408. The Kier molecular flexibility index (Phi) is 10.6. The van der Waals surface area contributed by atoms with Crippen LogP contribution >= 0.6 is 0 Å². The van der Waals surface area contributed by atoms with E-state index in [9.17, 15) is 0 Å². The van der Waals surface area contributed by atoms with Gasteiger partial charge in [-0.15, -0.1) is 0 Å². The van der Waals surface area contributed by atoms with Crippen molar-refractivity contribution in [3.8, 4) is 5.88 Å². The summed E-state index contributed by atoms with van der Waals surface area (Å²) in [5, 5.41) is 0. The van der Waals surface area contributed by atoms with E-state index in [1.807, 2.05) is 98.0 Å². The molecule has 45 heavy (non-hydrogen) atoms. The Labute approximate surface area is 265 Å². The summed E-state index contributed by atoms with van der Waals surface area (Å²) in [6, 6.07) is 42.7. The van der Waals surface area contributed by atoms with Crippen LogP contribution in [0, 0.1) is 6.92 Å². The lowest BCUT2D eigenvalue weighted by atomic mass is 10.0. The van der Waals surface area contributed by atoms with Crippen LogP contribution in [0.1, 0.15) is 39.5 Å². The molecule has 0 saturated carbocycles. The van der Waals surface area contributed by atoms with Gasteiger partial charge in [-0.3, -0.25) is 0 Å². The first-order valence-corrected chi connectivity index (χ1v) is 15.4. The third-order valence-electron chi connectivity index (χ3n) is 7.87. The van der Waals surface area contributed by atoms with Crippen molar-refractivity contribution >= 4 is 0 Å². The third kappa shape index (κ3) is 8.44. The van der Waals surface area contributed by atoms with E-state index in [0.717, 1.165) is 33.4 Å². The van der Waals surface area contributed by atoms with Crippen molar-refractivity contribution in [3.05, 3.63) is 167 Å². The Morgan fingerprint density at radius 1 is 0.600 bits per heavy atom. The monoisotopic (exact) mass is 601 g/mol. The van der Waals surface area contributed by atoms with Gasteiger partial charge in [0.1, 0.15) is 31.0 Å². The van der Waals surface area contributed by atoms with Crippen LogP contribution in [0.3, 0.4) is 0 Å². The predicted molar refractivity (Wildman–Crippen MR) is 173 cm³/mol. The molecule has 6 heteroatoms. The summed E-state index contributed by atoms with van der Waals surface area (Å²) in [5.74, 6) is 0.599. The lowest BCUT2D eigenvalue weighted by Gasteiger charge is -2.25. The number of rotatable bonds is 14. The first kappa shape index (κ1) is 30.7. The summed E-state index contributed by atoms with van der Waals surface area (Å²) in [7, 11) is 0. The zero-order valence-corrected chi connectivity index (χ0v) is 25.5. The van der Waals surface area contributed by atoms with Gasteiger partial charge in [0.2, 0.25) is 5.88 Å². The van der Waals surface area contributed by atoms with Crippen molar-refractivity contribution in [2.24, 2.45) is 0 Å². The Morgan fingerprint density at radius 3 is 1.62 bits per heavy atom. The minimum Gasteiger partial charge on any atom is -0.473 e. The van der Waals surface area contributed by atoms with Gasteiger partial charge in [-0.05, 0) is 35.2 Å². The molecular formula is C39H39NO5. The zero-order valence-electron chi connectivity index (χ0n) is 25.5. The van der Waals surface area contributed by atoms with E-state index in [0.29, 0.717) is 38.9 Å². The lowest BCUT2D eigenvalue weighted by Crippen LogP contribution is -2.37. The lowest BCUT2D eigenvalue weighted by molar-refractivity contribution is -0.0898. The van der Waals surface area contributed by atoms with Crippen molar-refractivity contribution in [2.75, 3.05) is 6.61 Å². The van der Waals surface area contributed by atoms with Crippen LogP contribution in [0.25, 0.3) is 0 Å². The van der Waals surface area contributed by atoms with Crippen LogP contribution in [0.2, 0.25) is 0 Å². The molecule has 1 aromatic heterocycles. The second-order valence-electron chi connectivity index (χ2n) is 11.3. The first-order valence-electron chi connectivity index (χ1n) is 15.4. The van der Waals surface area contributed by atoms with Crippen LogP contribution in [0.4, 0.5) is 0 Å². The van der Waals surface area contributed by atoms with Gasteiger partial charge >= 0.3 is 0 Å². The van der Waals surface area contributed by atoms with Gasteiger partial charge in [0.05, 0.1) is 26.4 Å². The fourth-order valence-electron chi connectivity index (χ4n) is 5.53. The van der Waals surface area contributed by atoms with E-state index < -0.39 is 12.2 Å². The second kappa shape index (κ2) is 15.6. The molecule has 0 bridgehead atoms. The number of nitrogens with zero attached hydrogens (tertiary/aromatic N) is 1. The zero-order chi connectivity index (χ0) is 30.7. The summed E-state index contributed by atoms with van der Waals surface area (Å²) >= 11 is 0. The molecule has 0 radical (unpaired) electrons. The highest BCUT2D eigenvalue weighted by Crippen LogP contribution is 2.39. The molecule has 6 nitrogen and oxygen atoms in total. The summed E-state index contributed by atoms with van der Waals surface area (Å²) in [6.07, 6.45) is 0.311. The van der Waals surface area contributed by atoms with Crippen molar-refractivity contribution in [3.63, 3.8) is 0 Å². The van der Waals surface area contributed by atoms with Crippen molar-refractivity contribution in [1.82, 2.24) is 4.98 Å². The SMILES string of the molecule is Cc1cc([C@@H]2O[C@H](COCc3ccccc3)C(OCc3ccccc3)C2OCc2ccccc2)cnc1OCc1ccccc1. The molecule has 230 valence electrons. The van der Waals surface area contributed by atoms with Gasteiger partial charge in [-0.1, -0.05) is 121 Å². The number of hydrogen-bond donors (Lipinski definition) is 0. The number of benzene rings is 4. The van der Waals surface area contributed by atoms with E-state index in [-0.39, 0.29) is 12.2 Å². The molecule has 6 rings (SSSR count). The van der Waals surface area contributed by atoms with Crippen molar-refractivity contribution in [1.29, 1.82) is 0 Å². The van der Waals surface area contributed by atoms with Crippen LogP contribution in [-0.4, -0.2) is 29.9 Å². The van der Waals surface area contributed by atoms with Crippen molar-refractivity contribution in [2.45, 2.75) is 57.8 Å². The summed E-state index contributed by atoms with van der Waals surface area (Å²) < 4.78 is 32.3. The predicted octanol–water partition coefficient (Wildman–Crippen LogP) is 7.80. The smallest absolute Gasteiger partial charge is 0.216 e. The van der Waals surface area contributed by atoms with Gasteiger partial charge in [0.25, 0.3) is 0 Å². The Bertz CT molecular complexity index is 1580. The van der Waals surface area contributed by atoms with Gasteiger partial charge in [-0.2, -0.15) is 0 Å². The average molecular weight is 602 g/mol. The van der Waals surface area contributed by atoms with Crippen LogP contribution < -0.4 is 4.74 Å². The summed E-state index contributed by atoms with van der Waals surface area (Å²) in [5.41, 5.74) is 6.21. The second-order valence-corrected chi connectivity index (χ2v) is 11.3. The van der Waals surface area contributed by atoms with Gasteiger partial charge in [-0.25, -0.2) is 4.98 Å². The molecule has 2 heterocycles. The highest BCUT2D eigenvalue weighted by molar-refractivity contribution is 5.31. The number of hydrogen-bond acceptors (Lipinski definition) is 6. The normalized spacial score (nSPS) is 19.4. The van der Waals surface area contributed by atoms with E-state index in [2.05, 4.69) is 42.5 Å². The number of pyridine rings is 1. The van der Waals surface area contributed by atoms with Gasteiger partial charge < -0.3 is 23.7 Å². The number of aromatic nitrogens is 1. The molecule has 0 amide bonds. The van der Waals surface area contributed by atoms with Crippen LogP contribution in [0.15, 0.2) is 134 Å². The molecule has 1 aliphatic rings. The number of aryl methyl sites for hydroxylation is 1. The van der Waals surface area contributed by atoms with Gasteiger partial charge in [0, 0.05) is 17.3 Å². The fourth-order valence-corrected chi connectivity index (χ4v) is 5.53. The third-order valence-corrected chi connectivity index (χ3v) is 7.87. The molecule has 1 fully saturated rings. The highest BCUT2D eigenvalue weighted by Gasteiger charge is 2.47. The fraction of sp³-hybridized carbons (Fsp3) is 0.256. The molecule has 1 saturated heterocycles. The summed E-state index contributed by atoms with van der Waals surface area (Å²) in [4.78, 5) is 4.71. The van der Waals surface area contributed by atoms with E-state index in [1.54, 1.807) is 0 Å². The first-order chi connectivity index (χ1) is 22.2. The average Bonchev–Trinajstić information content (AvgIpc) is 3.44. The highest BCUT2D eigenvalue weighted by atomic mass is 16.6. The van der Waals surface area contributed by atoms with E-state index in [1.165, 1.54) is 0 Å². The van der Waals surface area contributed by atoms with Crippen LogP contribution in [0.5, 0.6) is 5.88 Å². The maximum Gasteiger partial charge on any atom is 0.216 e. The topological polar surface area (TPSA) is 59.0 Å². The largest absolute Gasteiger partial charge is 0.473 e. The van der Waals surface area contributed by atoms with Crippen molar-refractivity contribution < 1.29 is 23.7 Å². The van der Waals surface area contributed by atoms with E-state index in [4.69, 9.17) is 28.7 Å². The molecule has 4 atom stereocenters. The quantitative estimate of drug-likeness (QED) is 0.129. The number of ether oxygens (including phenoxy) is 5. The molecule has 0 spiro atoms. The molecule has 5 aromatic rings. The summed E-state index contributed by atoms with van der Waals surface area (Å²) in [6.45, 7) is 4.17. The molecule has 0 N–H and O–H groups in total. The van der Waals surface area contributed by atoms with E-state index >= 15 is 0 Å². The Hall–Kier alpha value is -4.33. The standard InChI is InChI=1S/C39H39NO5/c1-29-22-34(23-40-39(29)44-27-33-20-12-5-13-21-33)36-38(43-26-32-18-10-4-11-19-32)37(42-25-31-16-8-3-9-17-31)35(45-36)28-41-24-30-14-6-2-7-15-30/h2-23,35-38H,24-28H2,1H3/t35-,36+,37?,38?/m1/s1. The maximum absolute atomic E-state index is 6.76. The molecular weight excluding hydrogens is 562 g/mol. The maximum atomic E-state index is 6.76. The molecule has 0 aliphatic carbocycles. The van der Waals surface area contributed by atoms with Gasteiger partial charge in [0.15, 0.2) is 0 Å². The molecule has 4 aromatic carbocycles. The molecule has 1 aliphatic heterocycles. The Balaban J connectivity index is 1.24. The molecule has 2 unspecified atom stereocenters. The minimum absolute atomic E-state index is 0.350. The Morgan fingerprint density at radius 2 is 1.09 bits per heavy atom. The van der Waals surface area contributed by atoms with Crippen LogP contribution in [-0.2, 0) is 45.4 Å².